The van der Waals surface area contributed by atoms with Gasteiger partial charge in [0.2, 0.25) is 11.8 Å². The van der Waals surface area contributed by atoms with E-state index in [1.807, 2.05) is 24.3 Å². The average molecular weight is 311 g/mol. The molecule has 1 atom stereocenters. The van der Waals surface area contributed by atoms with E-state index < -0.39 is 0 Å². The average Bonchev–Trinajstić information content (AvgIpc) is 2.87. The number of nitrogens with zero attached hydrogens (tertiary/aromatic N) is 1. The van der Waals surface area contributed by atoms with Gasteiger partial charge in [-0.15, -0.1) is 11.6 Å². The van der Waals surface area contributed by atoms with Crippen molar-refractivity contribution in [1.82, 2.24) is 5.32 Å². The lowest BCUT2D eigenvalue weighted by Crippen LogP contribution is -2.31. The predicted octanol–water partition coefficient (Wildman–Crippen LogP) is 1.79. The summed E-state index contributed by atoms with van der Waals surface area (Å²) in [5, 5.41) is 2.81. The Hall–Kier alpha value is -1.75. The van der Waals surface area contributed by atoms with E-state index in [-0.39, 0.29) is 17.7 Å². The molecule has 1 fully saturated rings. The molecule has 6 heteroatoms. The van der Waals surface area contributed by atoms with Crippen LogP contribution in [0.2, 0.25) is 0 Å². The molecule has 2 rings (SSSR count). The maximum Gasteiger partial charge on any atom is 0.227 e. The SMILES string of the molecule is COc1ccc(N2CC(CNC(=O)CCCl)CC2=O)cc1. The topological polar surface area (TPSA) is 58.6 Å². The Morgan fingerprint density at radius 1 is 1.43 bits per heavy atom. The molecule has 5 nitrogen and oxygen atoms in total. The molecule has 1 heterocycles. The van der Waals surface area contributed by atoms with E-state index in [1.54, 1.807) is 12.0 Å². The molecular weight excluding hydrogens is 292 g/mol. The highest BCUT2D eigenvalue weighted by molar-refractivity contribution is 6.18. The third-order valence-electron chi connectivity index (χ3n) is 3.50. The molecule has 0 aliphatic carbocycles. The quantitative estimate of drug-likeness (QED) is 0.815. The minimum absolute atomic E-state index is 0.0691. The highest BCUT2D eigenvalue weighted by atomic mass is 35.5. The molecule has 0 radical (unpaired) electrons. The summed E-state index contributed by atoms with van der Waals surface area (Å²) >= 11 is 5.51. The minimum Gasteiger partial charge on any atom is -0.497 e. The Balaban J connectivity index is 1.91. The highest BCUT2D eigenvalue weighted by Gasteiger charge is 2.30. The molecule has 0 bridgehead atoms. The standard InChI is InChI=1S/C15H19ClN2O3/c1-21-13-4-2-12(3-5-13)18-10-11(8-15(18)20)9-17-14(19)6-7-16/h2-5,11H,6-10H2,1H3,(H,17,19). The van der Waals surface area contributed by atoms with Crippen LogP contribution in [0.5, 0.6) is 5.75 Å². The molecule has 0 saturated carbocycles. The van der Waals surface area contributed by atoms with Crippen molar-refractivity contribution in [2.24, 2.45) is 5.92 Å². The zero-order valence-electron chi connectivity index (χ0n) is 12.0. The van der Waals surface area contributed by atoms with Crippen LogP contribution < -0.4 is 15.0 Å². The number of alkyl halides is 1. The van der Waals surface area contributed by atoms with Crippen molar-refractivity contribution in [2.75, 3.05) is 31.0 Å². The largest absolute Gasteiger partial charge is 0.497 e. The number of carbonyl (C=O) groups excluding carboxylic acids is 2. The van der Waals surface area contributed by atoms with Gasteiger partial charge in [0, 0.05) is 43.4 Å². The highest BCUT2D eigenvalue weighted by Crippen LogP contribution is 2.26. The maximum atomic E-state index is 12.1. The number of nitrogens with one attached hydrogen (secondary N) is 1. The summed E-state index contributed by atoms with van der Waals surface area (Å²) in [5.41, 5.74) is 0.857. The Morgan fingerprint density at radius 3 is 2.76 bits per heavy atom. The van der Waals surface area contributed by atoms with E-state index in [2.05, 4.69) is 5.32 Å². The number of methoxy groups -OCH3 is 1. The van der Waals surface area contributed by atoms with E-state index in [0.717, 1.165) is 11.4 Å². The van der Waals surface area contributed by atoms with Gasteiger partial charge in [-0.2, -0.15) is 0 Å². The van der Waals surface area contributed by atoms with Crippen molar-refractivity contribution in [3.8, 4) is 5.75 Å². The van der Waals surface area contributed by atoms with Crippen molar-refractivity contribution in [3.63, 3.8) is 0 Å². The van der Waals surface area contributed by atoms with Crippen molar-refractivity contribution in [1.29, 1.82) is 0 Å². The fraction of sp³-hybridized carbons (Fsp3) is 0.467. The van der Waals surface area contributed by atoms with Crippen molar-refractivity contribution >= 4 is 29.1 Å². The third-order valence-corrected chi connectivity index (χ3v) is 3.69. The number of carbonyl (C=O) groups is 2. The number of hydrogen-bond donors (Lipinski definition) is 1. The lowest BCUT2D eigenvalue weighted by Gasteiger charge is -2.17. The number of rotatable bonds is 6. The molecular formula is C15H19ClN2O3. The number of ether oxygens (including phenoxy) is 1. The van der Waals surface area contributed by atoms with E-state index in [0.29, 0.717) is 31.8 Å². The Bertz CT molecular complexity index is 504. The second kappa shape index (κ2) is 7.31. The number of anilines is 1. The number of halogens is 1. The molecule has 1 aliphatic heterocycles. The molecule has 1 aliphatic rings. The van der Waals surface area contributed by atoms with Gasteiger partial charge in [0.25, 0.3) is 0 Å². The van der Waals surface area contributed by atoms with Gasteiger partial charge in [-0.25, -0.2) is 0 Å². The number of amides is 2. The van der Waals surface area contributed by atoms with Gasteiger partial charge < -0.3 is 15.0 Å². The summed E-state index contributed by atoms with van der Waals surface area (Å²) in [4.78, 5) is 25.2. The second-order valence-electron chi connectivity index (χ2n) is 5.02. The molecule has 1 N–H and O–H groups in total. The summed E-state index contributed by atoms with van der Waals surface area (Å²) < 4.78 is 5.11. The van der Waals surface area contributed by atoms with Crippen molar-refractivity contribution in [3.05, 3.63) is 24.3 Å². The Kier molecular flexibility index (Phi) is 5.44. The first kappa shape index (κ1) is 15.6. The first-order valence-corrected chi connectivity index (χ1v) is 7.44. The molecule has 2 amide bonds. The van der Waals surface area contributed by atoms with E-state index in [1.165, 1.54) is 0 Å². The third kappa shape index (κ3) is 4.11. The summed E-state index contributed by atoms with van der Waals surface area (Å²) in [6.07, 6.45) is 0.762. The van der Waals surface area contributed by atoms with Gasteiger partial charge in [0.1, 0.15) is 5.75 Å². The van der Waals surface area contributed by atoms with Crippen LogP contribution in [0.15, 0.2) is 24.3 Å². The lowest BCUT2D eigenvalue weighted by atomic mass is 10.1. The van der Waals surface area contributed by atoms with Crippen LogP contribution in [0.25, 0.3) is 0 Å². The fourth-order valence-electron chi connectivity index (χ4n) is 2.36. The smallest absolute Gasteiger partial charge is 0.227 e. The van der Waals surface area contributed by atoms with Crippen LogP contribution in [-0.4, -0.2) is 37.9 Å². The van der Waals surface area contributed by atoms with Gasteiger partial charge in [-0.3, -0.25) is 9.59 Å². The lowest BCUT2D eigenvalue weighted by molar-refractivity contribution is -0.121. The monoisotopic (exact) mass is 310 g/mol. The van der Waals surface area contributed by atoms with Gasteiger partial charge in [0.05, 0.1) is 7.11 Å². The molecule has 114 valence electrons. The van der Waals surface area contributed by atoms with Gasteiger partial charge in [-0.05, 0) is 24.3 Å². The molecule has 1 aromatic rings. The molecule has 1 aromatic carbocycles. The number of hydrogen-bond acceptors (Lipinski definition) is 3. The van der Waals surface area contributed by atoms with Crippen molar-refractivity contribution < 1.29 is 14.3 Å². The minimum atomic E-state index is -0.0691. The van der Waals surface area contributed by atoms with Gasteiger partial charge in [-0.1, -0.05) is 0 Å². The fourth-order valence-corrected chi connectivity index (χ4v) is 2.53. The molecule has 0 aromatic heterocycles. The van der Waals surface area contributed by atoms with Crippen LogP contribution >= 0.6 is 11.6 Å². The van der Waals surface area contributed by atoms with Gasteiger partial charge >= 0.3 is 0 Å². The van der Waals surface area contributed by atoms with Crippen LogP contribution in [-0.2, 0) is 9.59 Å². The van der Waals surface area contributed by atoms with Crippen molar-refractivity contribution in [2.45, 2.75) is 12.8 Å². The molecule has 0 spiro atoms. The Morgan fingerprint density at radius 2 is 2.14 bits per heavy atom. The normalized spacial score (nSPS) is 17.9. The zero-order chi connectivity index (χ0) is 15.2. The first-order chi connectivity index (χ1) is 10.1. The summed E-state index contributed by atoms with van der Waals surface area (Å²) in [6, 6.07) is 7.40. The molecule has 21 heavy (non-hydrogen) atoms. The summed E-state index contributed by atoms with van der Waals surface area (Å²) in [5.74, 6) is 1.22. The molecule has 1 saturated heterocycles. The van der Waals surface area contributed by atoms with Crippen LogP contribution in [0.4, 0.5) is 5.69 Å². The van der Waals surface area contributed by atoms with Crippen LogP contribution in [0.3, 0.4) is 0 Å². The summed E-state index contributed by atoms with van der Waals surface area (Å²) in [6.45, 7) is 1.13. The predicted molar refractivity (Wildman–Crippen MR) is 81.8 cm³/mol. The number of benzene rings is 1. The van der Waals surface area contributed by atoms with E-state index >= 15 is 0 Å². The van der Waals surface area contributed by atoms with Gasteiger partial charge in [0.15, 0.2) is 0 Å². The summed E-state index contributed by atoms with van der Waals surface area (Å²) in [7, 11) is 1.61. The second-order valence-corrected chi connectivity index (χ2v) is 5.39. The molecule has 1 unspecified atom stereocenters. The van der Waals surface area contributed by atoms with E-state index in [9.17, 15) is 9.59 Å². The zero-order valence-corrected chi connectivity index (χ0v) is 12.7. The first-order valence-electron chi connectivity index (χ1n) is 6.91. The van der Waals surface area contributed by atoms with Crippen LogP contribution in [0, 0.1) is 5.92 Å². The van der Waals surface area contributed by atoms with Crippen LogP contribution in [0.1, 0.15) is 12.8 Å². The van der Waals surface area contributed by atoms with E-state index in [4.69, 9.17) is 16.3 Å². The Labute approximate surface area is 129 Å². The maximum absolute atomic E-state index is 12.1.